The van der Waals surface area contributed by atoms with E-state index in [0.717, 1.165) is 17.7 Å². The number of hydrogen-bond donors (Lipinski definition) is 1. The first-order valence-electron chi connectivity index (χ1n) is 5.86. The van der Waals surface area contributed by atoms with Crippen LogP contribution >= 0.6 is 0 Å². The van der Waals surface area contributed by atoms with Crippen LogP contribution in [0.2, 0.25) is 0 Å². The number of nitrogens with zero attached hydrogens (tertiary/aromatic N) is 1. The predicted octanol–water partition coefficient (Wildman–Crippen LogP) is 0.976. The first kappa shape index (κ1) is 13.9. The minimum atomic E-state index is -0.667. The van der Waals surface area contributed by atoms with E-state index >= 15 is 0 Å². The number of nitrogens with one attached hydrogen (secondary N) is 1. The molecule has 17 heavy (non-hydrogen) atoms. The van der Waals surface area contributed by atoms with Crippen molar-refractivity contribution in [3.8, 4) is 0 Å². The Labute approximate surface area is 103 Å². The van der Waals surface area contributed by atoms with E-state index < -0.39 is 17.7 Å². The van der Waals surface area contributed by atoms with Gasteiger partial charge in [-0.3, -0.25) is 4.79 Å². The number of carbonyl (C=O) groups is 2. The van der Waals surface area contributed by atoms with E-state index in [9.17, 15) is 9.59 Å². The lowest BCUT2D eigenvalue weighted by atomic mass is 10.1. The molecule has 0 aliphatic carbocycles. The smallest absolute Gasteiger partial charge is 0.397 e. The minimum absolute atomic E-state index is 0.212. The zero-order valence-corrected chi connectivity index (χ0v) is 10.7. The van der Waals surface area contributed by atoms with Crippen molar-refractivity contribution in [2.24, 2.45) is 0 Å². The lowest BCUT2D eigenvalue weighted by Crippen LogP contribution is -2.48. The molecule has 2 amide bonds. The number of rotatable bonds is 1. The average molecular weight is 238 g/mol. The standard InChI is InChI=1S/C11H19BN2O3/c1-11(2,3)17-10(16)14(12)8-6-4-5-7-13-9(8)15/h8H,4-7H2,1-3H3,(H,13,15)/t8-/m0/s1. The number of carbonyl (C=O) groups excluding carboxylic acids is 2. The molecule has 2 radical (unpaired) electrons. The number of amides is 2. The first-order chi connectivity index (χ1) is 7.81. The van der Waals surface area contributed by atoms with E-state index in [-0.39, 0.29) is 5.91 Å². The Kier molecular flexibility index (Phi) is 4.43. The van der Waals surface area contributed by atoms with Crippen LogP contribution in [-0.4, -0.2) is 43.0 Å². The lowest BCUT2D eigenvalue weighted by molar-refractivity contribution is -0.124. The molecule has 0 aromatic rings. The second-order valence-electron chi connectivity index (χ2n) is 5.19. The Balaban J connectivity index is 2.63. The van der Waals surface area contributed by atoms with Crippen molar-refractivity contribution < 1.29 is 14.3 Å². The molecular formula is C11H19BN2O3. The fourth-order valence-corrected chi connectivity index (χ4v) is 1.63. The SMILES string of the molecule is [B]N(C(=O)OC(C)(C)C)[C@H]1CCCCNC1=O. The van der Waals surface area contributed by atoms with Crippen LogP contribution in [0.5, 0.6) is 0 Å². The summed E-state index contributed by atoms with van der Waals surface area (Å²) in [5.41, 5.74) is -0.615. The van der Waals surface area contributed by atoms with E-state index in [4.69, 9.17) is 12.7 Å². The van der Waals surface area contributed by atoms with Gasteiger partial charge < -0.3 is 14.9 Å². The molecule has 1 N–H and O–H groups in total. The van der Waals surface area contributed by atoms with Crippen LogP contribution in [0.3, 0.4) is 0 Å². The van der Waals surface area contributed by atoms with Crippen molar-refractivity contribution in [3.05, 3.63) is 0 Å². The fourth-order valence-electron chi connectivity index (χ4n) is 1.63. The quantitative estimate of drug-likeness (QED) is 0.692. The van der Waals surface area contributed by atoms with Crippen LogP contribution in [0.25, 0.3) is 0 Å². The highest BCUT2D eigenvalue weighted by atomic mass is 16.6. The molecule has 1 fully saturated rings. The summed E-state index contributed by atoms with van der Waals surface area (Å²) in [6.45, 7) is 5.90. The largest absolute Gasteiger partial charge is 0.445 e. The second kappa shape index (κ2) is 5.43. The first-order valence-corrected chi connectivity index (χ1v) is 5.86. The Morgan fingerprint density at radius 2 is 2.12 bits per heavy atom. The summed E-state index contributed by atoms with van der Waals surface area (Å²) in [6, 6.07) is -0.632. The molecule has 1 aliphatic heterocycles. The molecular weight excluding hydrogens is 219 g/mol. The van der Waals surface area contributed by atoms with Crippen LogP contribution in [0.4, 0.5) is 4.79 Å². The lowest BCUT2D eigenvalue weighted by Gasteiger charge is -2.29. The van der Waals surface area contributed by atoms with Gasteiger partial charge in [-0.1, -0.05) is 0 Å². The topological polar surface area (TPSA) is 58.6 Å². The van der Waals surface area contributed by atoms with Gasteiger partial charge in [0.15, 0.2) is 0 Å². The molecule has 1 rings (SSSR count). The number of hydrogen-bond acceptors (Lipinski definition) is 3. The van der Waals surface area contributed by atoms with Gasteiger partial charge in [-0.15, -0.1) is 0 Å². The van der Waals surface area contributed by atoms with Crippen LogP contribution in [0, 0.1) is 0 Å². The zero-order chi connectivity index (χ0) is 13.1. The molecule has 1 heterocycles. The summed E-state index contributed by atoms with van der Waals surface area (Å²) >= 11 is 0. The van der Waals surface area contributed by atoms with Crippen molar-refractivity contribution in [1.29, 1.82) is 0 Å². The average Bonchev–Trinajstić information content (AvgIpc) is 2.39. The Bertz CT molecular complexity index is 302. The molecule has 0 bridgehead atoms. The Hall–Kier alpha value is -1.20. The summed E-state index contributed by atoms with van der Waals surface area (Å²) in [7, 11) is 5.66. The monoisotopic (exact) mass is 238 g/mol. The molecule has 0 saturated carbocycles. The maximum atomic E-state index is 11.7. The van der Waals surface area contributed by atoms with Gasteiger partial charge in [0.2, 0.25) is 13.9 Å². The summed E-state index contributed by atoms with van der Waals surface area (Å²) in [4.78, 5) is 24.3. The molecule has 5 nitrogen and oxygen atoms in total. The van der Waals surface area contributed by atoms with E-state index in [1.807, 2.05) is 0 Å². The van der Waals surface area contributed by atoms with Gasteiger partial charge in [-0.05, 0) is 40.0 Å². The van der Waals surface area contributed by atoms with E-state index in [2.05, 4.69) is 5.32 Å². The van der Waals surface area contributed by atoms with Crippen LogP contribution < -0.4 is 5.32 Å². The van der Waals surface area contributed by atoms with Gasteiger partial charge in [-0.2, -0.15) is 0 Å². The molecule has 0 unspecified atom stereocenters. The minimum Gasteiger partial charge on any atom is -0.445 e. The summed E-state index contributed by atoms with van der Waals surface area (Å²) in [5.74, 6) is -0.212. The van der Waals surface area contributed by atoms with Crippen molar-refractivity contribution in [1.82, 2.24) is 10.1 Å². The molecule has 1 aliphatic rings. The van der Waals surface area contributed by atoms with E-state index in [1.54, 1.807) is 20.8 Å². The normalized spacial score (nSPS) is 21.4. The third kappa shape index (κ3) is 4.28. The van der Waals surface area contributed by atoms with Gasteiger partial charge in [0.05, 0.1) is 0 Å². The van der Waals surface area contributed by atoms with Crippen molar-refractivity contribution in [2.75, 3.05) is 6.54 Å². The highest BCUT2D eigenvalue weighted by Gasteiger charge is 2.30. The van der Waals surface area contributed by atoms with Crippen LogP contribution in [0.1, 0.15) is 40.0 Å². The molecule has 1 atom stereocenters. The maximum absolute atomic E-state index is 11.7. The van der Waals surface area contributed by atoms with Gasteiger partial charge in [0.1, 0.15) is 11.6 Å². The summed E-state index contributed by atoms with van der Waals surface area (Å²) in [5, 5.41) is 2.72. The van der Waals surface area contributed by atoms with Crippen molar-refractivity contribution in [2.45, 2.75) is 51.7 Å². The highest BCUT2D eigenvalue weighted by Crippen LogP contribution is 2.15. The van der Waals surface area contributed by atoms with Crippen molar-refractivity contribution in [3.63, 3.8) is 0 Å². The third-order valence-electron chi connectivity index (χ3n) is 2.45. The molecule has 0 aromatic carbocycles. The summed E-state index contributed by atoms with van der Waals surface area (Å²) in [6.07, 6.45) is 1.67. The predicted molar refractivity (Wildman–Crippen MR) is 64.5 cm³/mol. The van der Waals surface area contributed by atoms with E-state index in [0.29, 0.717) is 13.0 Å². The highest BCUT2D eigenvalue weighted by molar-refractivity contribution is 6.15. The zero-order valence-electron chi connectivity index (χ0n) is 10.7. The number of ether oxygens (including phenoxy) is 1. The van der Waals surface area contributed by atoms with Crippen LogP contribution in [0.15, 0.2) is 0 Å². The van der Waals surface area contributed by atoms with Gasteiger partial charge in [0, 0.05) is 6.54 Å². The third-order valence-corrected chi connectivity index (χ3v) is 2.45. The Morgan fingerprint density at radius 3 is 2.71 bits per heavy atom. The molecule has 0 spiro atoms. The van der Waals surface area contributed by atoms with E-state index in [1.165, 1.54) is 0 Å². The molecule has 6 heteroatoms. The van der Waals surface area contributed by atoms with Gasteiger partial charge >= 0.3 is 6.09 Å². The van der Waals surface area contributed by atoms with Gasteiger partial charge in [-0.25, -0.2) is 4.79 Å². The Morgan fingerprint density at radius 1 is 1.47 bits per heavy atom. The second-order valence-corrected chi connectivity index (χ2v) is 5.19. The molecule has 1 saturated heterocycles. The maximum Gasteiger partial charge on any atom is 0.397 e. The summed E-state index contributed by atoms with van der Waals surface area (Å²) < 4.78 is 5.12. The van der Waals surface area contributed by atoms with Crippen molar-refractivity contribution >= 4 is 20.0 Å². The molecule has 0 aromatic heterocycles. The molecule has 94 valence electrons. The fraction of sp³-hybridized carbons (Fsp3) is 0.818. The van der Waals surface area contributed by atoms with Gasteiger partial charge in [0.25, 0.3) is 0 Å². The van der Waals surface area contributed by atoms with Crippen LogP contribution in [-0.2, 0) is 9.53 Å².